The number of hydrogen-bond donors (Lipinski definition) is 4. The lowest BCUT2D eigenvalue weighted by atomic mass is 10.2. The van der Waals surface area contributed by atoms with Crippen molar-refractivity contribution in [2.45, 2.75) is 25.8 Å². The third kappa shape index (κ3) is 2.34. The fraction of sp³-hybridized carbons (Fsp3) is 0.364. The van der Waals surface area contributed by atoms with Gasteiger partial charge in [0.25, 0.3) is 0 Å². The average molecular weight is 251 g/mol. The van der Waals surface area contributed by atoms with Crippen molar-refractivity contribution in [3.8, 4) is 0 Å². The van der Waals surface area contributed by atoms with Gasteiger partial charge in [-0.25, -0.2) is 4.79 Å². The highest BCUT2D eigenvalue weighted by Gasteiger charge is 2.28. The van der Waals surface area contributed by atoms with E-state index >= 15 is 0 Å². The molecule has 0 saturated carbocycles. The van der Waals surface area contributed by atoms with Crippen LogP contribution in [0.3, 0.4) is 0 Å². The molecule has 0 unspecified atom stereocenters. The Morgan fingerprint density at radius 1 is 1.50 bits per heavy atom. The number of carbonyl (C=O) groups excluding carboxylic acids is 2. The Morgan fingerprint density at radius 2 is 2.22 bits per heavy atom. The first-order valence-electron chi connectivity index (χ1n) is 5.50. The van der Waals surface area contributed by atoms with E-state index in [-0.39, 0.29) is 17.3 Å². The first kappa shape index (κ1) is 12.2. The number of rotatable bonds is 3. The number of carbonyl (C=O) groups is 3. The van der Waals surface area contributed by atoms with E-state index in [1.807, 2.05) is 0 Å². The van der Waals surface area contributed by atoms with Crippen LogP contribution in [0.4, 0.5) is 5.69 Å². The van der Waals surface area contributed by atoms with Crippen LogP contribution in [0, 0.1) is 6.92 Å². The molecule has 4 N–H and O–H groups in total. The van der Waals surface area contributed by atoms with Crippen LogP contribution in [0.5, 0.6) is 0 Å². The van der Waals surface area contributed by atoms with Crippen LogP contribution in [0.25, 0.3) is 0 Å². The minimum atomic E-state index is -1.14. The van der Waals surface area contributed by atoms with Gasteiger partial charge in [-0.05, 0) is 19.4 Å². The largest absolute Gasteiger partial charge is 0.477 e. The monoisotopic (exact) mass is 251 g/mol. The molecular weight excluding hydrogens is 238 g/mol. The van der Waals surface area contributed by atoms with Crippen molar-refractivity contribution < 1.29 is 19.5 Å². The molecule has 1 aliphatic heterocycles. The number of hydrogen-bond acceptors (Lipinski definition) is 3. The van der Waals surface area contributed by atoms with E-state index in [0.29, 0.717) is 18.5 Å². The molecular formula is C11H13N3O4. The van der Waals surface area contributed by atoms with E-state index in [2.05, 4.69) is 15.6 Å². The average Bonchev–Trinajstić information content (AvgIpc) is 2.85. The Morgan fingerprint density at radius 3 is 2.78 bits per heavy atom. The summed E-state index contributed by atoms with van der Waals surface area (Å²) in [5.41, 5.74) is 0.787. The molecule has 2 rings (SSSR count). The second-order valence-electron chi connectivity index (χ2n) is 4.19. The third-order valence-electron chi connectivity index (χ3n) is 2.74. The van der Waals surface area contributed by atoms with E-state index < -0.39 is 17.9 Å². The van der Waals surface area contributed by atoms with Gasteiger partial charge in [0, 0.05) is 12.1 Å². The summed E-state index contributed by atoms with van der Waals surface area (Å²) >= 11 is 0. The first-order chi connectivity index (χ1) is 8.47. The fourth-order valence-corrected chi connectivity index (χ4v) is 1.89. The molecule has 2 amide bonds. The SMILES string of the molecule is Cc1cc(NC(=O)[C@@H]2CCC(=O)N2)c(C(=O)O)[nH]1. The van der Waals surface area contributed by atoms with E-state index in [1.165, 1.54) is 6.07 Å². The minimum Gasteiger partial charge on any atom is -0.477 e. The van der Waals surface area contributed by atoms with Crippen LogP contribution in [0.2, 0.25) is 0 Å². The standard InChI is InChI=1S/C11H13N3O4/c1-5-4-7(9(12-5)11(17)18)14-10(16)6-2-3-8(15)13-6/h4,6,12H,2-3H2,1H3,(H,13,15)(H,14,16)(H,17,18)/t6-/m0/s1. The van der Waals surface area contributed by atoms with Crippen LogP contribution < -0.4 is 10.6 Å². The Balaban J connectivity index is 2.11. The fourth-order valence-electron chi connectivity index (χ4n) is 1.89. The lowest BCUT2D eigenvalue weighted by molar-refractivity contribution is -0.122. The predicted molar refractivity (Wildman–Crippen MR) is 62.3 cm³/mol. The summed E-state index contributed by atoms with van der Waals surface area (Å²) in [4.78, 5) is 36.4. The maximum atomic E-state index is 11.8. The molecule has 2 heterocycles. The van der Waals surface area contributed by atoms with Crippen molar-refractivity contribution >= 4 is 23.5 Å². The molecule has 0 bridgehead atoms. The maximum absolute atomic E-state index is 11.8. The number of aryl methyl sites for hydroxylation is 1. The Bertz CT molecular complexity index is 520. The summed E-state index contributed by atoms with van der Waals surface area (Å²) in [6.45, 7) is 1.69. The number of carboxylic acids is 1. The lowest BCUT2D eigenvalue weighted by Crippen LogP contribution is -2.37. The molecule has 1 aliphatic rings. The van der Waals surface area contributed by atoms with E-state index in [9.17, 15) is 14.4 Å². The Hall–Kier alpha value is -2.31. The molecule has 0 radical (unpaired) electrons. The van der Waals surface area contributed by atoms with Crippen molar-refractivity contribution in [1.82, 2.24) is 10.3 Å². The zero-order chi connectivity index (χ0) is 13.3. The quantitative estimate of drug-likeness (QED) is 0.616. The summed E-state index contributed by atoms with van der Waals surface area (Å²) in [5, 5.41) is 14.0. The molecule has 0 spiro atoms. The Labute approximate surface area is 103 Å². The molecule has 18 heavy (non-hydrogen) atoms. The molecule has 1 aromatic rings. The van der Waals surface area contributed by atoms with Crippen LogP contribution in [-0.4, -0.2) is 33.9 Å². The number of nitrogens with one attached hydrogen (secondary N) is 3. The van der Waals surface area contributed by atoms with Gasteiger partial charge in [-0.3, -0.25) is 9.59 Å². The van der Waals surface area contributed by atoms with E-state index in [1.54, 1.807) is 6.92 Å². The van der Waals surface area contributed by atoms with E-state index in [4.69, 9.17) is 5.11 Å². The third-order valence-corrected chi connectivity index (χ3v) is 2.74. The molecule has 96 valence electrons. The Kier molecular flexibility index (Phi) is 3.05. The van der Waals surface area contributed by atoms with Gasteiger partial charge in [-0.1, -0.05) is 0 Å². The topological polar surface area (TPSA) is 111 Å². The van der Waals surface area contributed by atoms with E-state index in [0.717, 1.165) is 0 Å². The first-order valence-corrected chi connectivity index (χ1v) is 5.50. The molecule has 0 aliphatic carbocycles. The zero-order valence-electron chi connectivity index (χ0n) is 9.74. The van der Waals surface area contributed by atoms with Gasteiger partial charge in [0.2, 0.25) is 11.8 Å². The number of aromatic nitrogens is 1. The summed E-state index contributed by atoms with van der Waals surface area (Å²) in [6.07, 6.45) is 0.743. The van der Waals surface area contributed by atoms with Crippen LogP contribution >= 0.6 is 0 Å². The highest BCUT2D eigenvalue weighted by atomic mass is 16.4. The molecule has 7 heteroatoms. The number of H-pyrrole nitrogens is 1. The summed E-state index contributed by atoms with van der Waals surface area (Å²) < 4.78 is 0. The molecule has 1 aromatic heterocycles. The van der Waals surface area contributed by atoms with Crippen molar-refractivity contribution in [2.75, 3.05) is 5.32 Å². The van der Waals surface area contributed by atoms with Gasteiger partial charge in [0.05, 0.1) is 5.69 Å². The highest BCUT2D eigenvalue weighted by molar-refractivity contribution is 6.03. The lowest BCUT2D eigenvalue weighted by Gasteiger charge is -2.10. The van der Waals surface area contributed by atoms with Crippen molar-refractivity contribution in [1.29, 1.82) is 0 Å². The summed E-state index contributed by atoms with van der Waals surface area (Å²) in [7, 11) is 0. The van der Waals surface area contributed by atoms with Gasteiger partial charge >= 0.3 is 5.97 Å². The summed E-state index contributed by atoms with van der Waals surface area (Å²) in [6, 6.07) is 0.951. The maximum Gasteiger partial charge on any atom is 0.354 e. The molecule has 1 atom stereocenters. The molecule has 1 saturated heterocycles. The number of aromatic amines is 1. The number of amides is 2. The number of anilines is 1. The van der Waals surface area contributed by atoms with Crippen LogP contribution in [-0.2, 0) is 9.59 Å². The van der Waals surface area contributed by atoms with Crippen LogP contribution in [0.1, 0.15) is 29.0 Å². The number of carboxylic acid groups (broad SMARTS) is 1. The van der Waals surface area contributed by atoms with Gasteiger partial charge in [0.15, 0.2) is 0 Å². The zero-order valence-corrected chi connectivity index (χ0v) is 9.74. The summed E-state index contributed by atoms with van der Waals surface area (Å²) in [5.74, 6) is -1.71. The van der Waals surface area contributed by atoms with Crippen molar-refractivity contribution in [2.24, 2.45) is 0 Å². The van der Waals surface area contributed by atoms with Crippen LogP contribution in [0.15, 0.2) is 6.07 Å². The minimum absolute atomic E-state index is 0.0647. The van der Waals surface area contributed by atoms with Gasteiger partial charge in [0.1, 0.15) is 11.7 Å². The number of aromatic carboxylic acids is 1. The second kappa shape index (κ2) is 4.52. The highest BCUT2D eigenvalue weighted by Crippen LogP contribution is 2.18. The van der Waals surface area contributed by atoms with Crippen molar-refractivity contribution in [3.63, 3.8) is 0 Å². The molecule has 1 fully saturated rings. The molecule has 0 aromatic carbocycles. The second-order valence-corrected chi connectivity index (χ2v) is 4.19. The normalized spacial score (nSPS) is 18.5. The molecule has 7 nitrogen and oxygen atoms in total. The van der Waals surface area contributed by atoms with Gasteiger partial charge in [-0.15, -0.1) is 0 Å². The smallest absolute Gasteiger partial charge is 0.354 e. The van der Waals surface area contributed by atoms with Gasteiger partial charge < -0.3 is 20.7 Å². The predicted octanol–water partition coefficient (Wildman–Crippen LogP) is 0.238. The van der Waals surface area contributed by atoms with Gasteiger partial charge in [-0.2, -0.15) is 0 Å². The van der Waals surface area contributed by atoms with Crippen molar-refractivity contribution in [3.05, 3.63) is 17.5 Å².